The van der Waals surface area contributed by atoms with Crippen LogP contribution in [0.1, 0.15) is 19.6 Å². The van der Waals surface area contributed by atoms with Crippen molar-refractivity contribution in [1.82, 2.24) is 5.32 Å². The summed E-state index contributed by atoms with van der Waals surface area (Å²) < 4.78 is 30.6. The molecule has 0 amide bonds. The zero-order valence-electron chi connectivity index (χ0n) is 8.39. The number of alkyl halides is 2. The first-order valence-electron chi connectivity index (χ1n) is 4.64. The van der Waals surface area contributed by atoms with Gasteiger partial charge in [0.05, 0.1) is 11.8 Å². The van der Waals surface area contributed by atoms with Crippen molar-refractivity contribution >= 4 is 0 Å². The Kier molecular flexibility index (Phi) is 3.63. The van der Waals surface area contributed by atoms with E-state index in [9.17, 15) is 8.78 Å². The predicted molar refractivity (Wildman–Crippen MR) is 50.5 cm³/mol. The molecule has 2 nitrogen and oxygen atoms in total. The number of hydrogen-bond acceptors (Lipinski definition) is 2. The summed E-state index contributed by atoms with van der Waals surface area (Å²) >= 11 is 0. The van der Waals surface area contributed by atoms with E-state index in [0.29, 0.717) is 12.3 Å². The van der Waals surface area contributed by atoms with Gasteiger partial charge >= 0.3 is 0 Å². The van der Waals surface area contributed by atoms with Gasteiger partial charge in [-0.25, -0.2) is 8.78 Å². The van der Waals surface area contributed by atoms with E-state index in [0.717, 1.165) is 0 Å². The van der Waals surface area contributed by atoms with Crippen molar-refractivity contribution in [2.45, 2.75) is 32.2 Å². The highest BCUT2D eigenvalue weighted by molar-refractivity contribution is 5.05. The zero-order valence-corrected chi connectivity index (χ0v) is 8.39. The molecule has 0 radical (unpaired) electrons. The summed E-state index contributed by atoms with van der Waals surface area (Å²) in [6, 6.07) is 3.41. The Morgan fingerprint density at radius 2 is 2.29 bits per heavy atom. The Balaban J connectivity index is 2.69. The fourth-order valence-corrected chi connectivity index (χ4v) is 1.40. The number of furan rings is 1. The molecule has 0 aliphatic rings. The maximum absolute atomic E-state index is 12.8. The van der Waals surface area contributed by atoms with Crippen LogP contribution in [-0.2, 0) is 6.42 Å². The Labute approximate surface area is 82.3 Å². The molecule has 0 saturated carbocycles. The molecule has 14 heavy (non-hydrogen) atoms. The number of nitrogens with one attached hydrogen (secondary N) is 1. The number of hydrogen-bond donors (Lipinski definition) is 1. The number of likely N-dealkylation sites (N-methyl/N-ethyl adjacent to an activating group) is 1. The van der Waals surface area contributed by atoms with Gasteiger partial charge in [0, 0.05) is 6.42 Å². The zero-order chi connectivity index (χ0) is 10.6. The van der Waals surface area contributed by atoms with E-state index in [1.807, 2.05) is 6.92 Å². The fourth-order valence-electron chi connectivity index (χ4n) is 1.40. The highest BCUT2D eigenvalue weighted by atomic mass is 19.3. The molecule has 0 bridgehead atoms. The van der Waals surface area contributed by atoms with E-state index < -0.39 is 12.0 Å². The lowest BCUT2D eigenvalue weighted by Crippen LogP contribution is -2.50. The Morgan fingerprint density at radius 3 is 2.71 bits per heavy atom. The SMILES string of the molecule is CCNC(C)(Cc1ccco1)C(F)F. The second-order valence-electron chi connectivity index (χ2n) is 3.50. The van der Waals surface area contributed by atoms with Crippen LogP contribution in [0.5, 0.6) is 0 Å². The smallest absolute Gasteiger partial charge is 0.256 e. The standard InChI is InChI=1S/C10H15F2NO/c1-3-13-10(2,9(11)12)7-8-5-4-6-14-8/h4-6,9,13H,3,7H2,1-2H3. The van der Waals surface area contributed by atoms with Crippen molar-refractivity contribution in [3.05, 3.63) is 24.2 Å². The lowest BCUT2D eigenvalue weighted by molar-refractivity contribution is 0.0386. The first-order valence-corrected chi connectivity index (χ1v) is 4.64. The predicted octanol–water partition coefficient (Wildman–Crippen LogP) is 2.46. The summed E-state index contributed by atoms with van der Waals surface area (Å²) in [5.41, 5.74) is -1.20. The van der Waals surface area contributed by atoms with Gasteiger partial charge in [-0.1, -0.05) is 6.92 Å². The van der Waals surface area contributed by atoms with E-state index >= 15 is 0 Å². The fraction of sp³-hybridized carbons (Fsp3) is 0.600. The maximum atomic E-state index is 12.8. The molecule has 0 saturated heterocycles. The van der Waals surface area contributed by atoms with Crippen molar-refractivity contribution in [3.63, 3.8) is 0 Å². The average Bonchev–Trinajstić information content (AvgIpc) is 2.56. The molecule has 0 aliphatic heterocycles. The summed E-state index contributed by atoms with van der Waals surface area (Å²) in [5.74, 6) is 0.578. The van der Waals surface area contributed by atoms with Gasteiger partial charge in [0.1, 0.15) is 5.76 Å². The van der Waals surface area contributed by atoms with Gasteiger partial charge < -0.3 is 9.73 Å². The second-order valence-corrected chi connectivity index (χ2v) is 3.50. The molecule has 1 atom stereocenters. The minimum Gasteiger partial charge on any atom is -0.469 e. The van der Waals surface area contributed by atoms with E-state index in [4.69, 9.17) is 4.42 Å². The summed E-state index contributed by atoms with van der Waals surface area (Å²) in [4.78, 5) is 0. The molecule has 80 valence electrons. The van der Waals surface area contributed by atoms with Crippen molar-refractivity contribution in [2.24, 2.45) is 0 Å². The molecule has 0 spiro atoms. The third kappa shape index (κ3) is 2.54. The minimum absolute atomic E-state index is 0.200. The van der Waals surface area contributed by atoms with E-state index in [1.54, 1.807) is 12.1 Å². The monoisotopic (exact) mass is 203 g/mol. The largest absolute Gasteiger partial charge is 0.469 e. The molecule has 1 N–H and O–H groups in total. The Morgan fingerprint density at radius 1 is 1.57 bits per heavy atom. The van der Waals surface area contributed by atoms with Crippen LogP contribution in [0.3, 0.4) is 0 Å². The highest BCUT2D eigenvalue weighted by Crippen LogP contribution is 2.21. The van der Waals surface area contributed by atoms with Crippen LogP contribution in [-0.4, -0.2) is 18.5 Å². The van der Waals surface area contributed by atoms with Crippen LogP contribution in [0.15, 0.2) is 22.8 Å². The number of rotatable bonds is 5. The second kappa shape index (κ2) is 4.55. The lowest BCUT2D eigenvalue weighted by atomic mass is 9.97. The van der Waals surface area contributed by atoms with Gasteiger partial charge in [-0.3, -0.25) is 0 Å². The van der Waals surface area contributed by atoms with Crippen LogP contribution in [0.25, 0.3) is 0 Å². The van der Waals surface area contributed by atoms with Gasteiger partial charge in [0.2, 0.25) is 0 Å². The van der Waals surface area contributed by atoms with Crippen LogP contribution in [0.2, 0.25) is 0 Å². The molecular formula is C10H15F2NO. The van der Waals surface area contributed by atoms with Crippen LogP contribution in [0.4, 0.5) is 8.78 Å². The summed E-state index contributed by atoms with van der Waals surface area (Å²) in [6.45, 7) is 3.83. The van der Waals surface area contributed by atoms with Crippen molar-refractivity contribution in [3.8, 4) is 0 Å². The van der Waals surface area contributed by atoms with Crippen LogP contribution in [0, 0.1) is 0 Å². The summed E-state index contributed by atoms with van der Waals surface area (Å²) in [7, 11) is 0. The van der Waals surface area contributed by atoms with Crippen molar-refractivity contribution in [1.29, 1.82) is 0 Å². The van der Waals surface area contributed by atoms with Crippen molar-refractivity contribution in [2.75, 3.05) is 6.54 Å². The first-order chi connectivity index (χ1) is 6.58. The molecule has 1 aromatic heterocycles. The molecule has 1 unspecified atom stereocenters. The third-order valence-corrected chi connectivity index (χ3v) is 2.18. The van der Waals surface area contributed by atoms with Crippen LogP contribution < -0.4 is 5.32 Å². The summed E-state index contributed by atoms with van der Waals surface area (Å²) in [5, 5.41) is 2.79. The Hall–Kier alpha value is -0.900. The van der Waals surface area contributed by atoms with Gasteiger partial charge in [-0.2, -0.15) is 0 Å². The quantitative estimate of drug-likeness (QED) is 0.795. The summed E-state index contributed by atoms with van der Waals surface area (Å²) in [6.07, 6.45) is -0.717. The maximum Gasteiger partial charge on any atom is 0.256 e. The first kappa shape index (κ1) is 11.2. The lowest BCUT2D eigenvalue weighted by Gasteiger charge is -2.28. The van der Waals surface area contributed by atoms with Gasteiger partial charge in [0.25, 0.3) is 6.43 Å². The molecule has 4 heteroatoms. The van der Waals surface area contributed by atoms with E-state index in [1.165, 1.54) is 13.2 Å². The molecular weight excluding hydrogens is 188 g/mol. The molecule has 0 fully saturated rings. The van der Waals surface area contributed by atoms with Crippen molar-refractivity contribution < 1.29 is 13.2 Å². The molecule has 1 rings (SSSR count). The topological polar surface area (TPSA) is 25.2 Å². The molecule has 0 aromatic carbocycles. The van der Waals surface area contributed by atoms with E-state index in [2.05, 4.69) is 5.32 Å². The highest BCUT2D eigenvalue weighted by Gasteiger charge is 2.34. The molecule has 1 aromatic rings. The molecule has 0 aliphatic carbocycles. The normalized spacial score (nSPS) is 15.8. The van der Waals surface area contributed by atoms with Gasteiger partial charge in [-0.15, -0.1) is 0 Å². The van der Waals surface area contributed by atoms with Crippen LogP contribution >= 0.6 is 0 Å². The number of halogens is 2. The molecule has 1 heterocycles. The Bertz CT molecular complexity index is 261. The average molecular weight is 203 g/mol. The van der Waals surface area contributed by atoms with Gasteiger partial charge in [0.15, 0.2) is 0 Å². The van der Waals surface area contributed by atoms with Gasteiger partial charge in [-0.05, 0) is 25.6 Å². The van der Waals surface area contributed by atoms with E-state index in [-0.39, 0.29) is 6.42 Å². The minimum atomic E-state index is -2.41. The third-order valence-electron chi connectivity index (χ3n) is 2.18.